The molecule has 0 saturated heterocycles. The van der Waals surface area contributed by atoms with Crippen LogP contribution in [0.25, 0.3) is 0 Å². The highest BCUT2D eigenvalue weighted by Crippen LogP contribution is 2.25. The second-order valence-corrected chi connectivity index (χ2v) is 5.82. The molecule has 1 amide bonds. The maximum atomic E-state index is 13.6. The Morgan fingerprint density at radius 2 is 1.87 bits per heavy atom. The first-order chi connectivity index (χ1) is 11.0. The number of carbonyl (C=O) groups is 1. The Bertz CT molecular complexity index is 746. The number of carbonyl (C=O) groups excluding carboxylic acids is 1. The number of rotatable bonds is 4. The minimum Gasteiger partial charge on any atom is -0.374 e. The van der Waals surface area contributed by atoms with Crippen LogP contribution in [0.3, 0.4) is 0 Å². The molecule has 1 aliphatic carbocycles. The van der Waals surface area contributed by atoms with Crippen LogP contribution in [-0.4, -0.2) is 11.9 Å². The first kappa shape index (κ1) is 15.5. The van der Waals surface area contributed by atoms with Crippen molar-refractivity contribution < 1.29 is 13.6 Å². The highest BCUT2D eigenvalue weighted by Gasteiger charge is 2.16. The molecule has 0 bridgehead atoms. The molecule has 0 radical (unpaired) electrons. The molecule has 1 atom stereocenters. The van der Waals surface area contributed by atoms with Gasteiger partial charge in [0.1, 0.15) is 17.7 Å². The lowest BCUT2D eigenvalue weighted by atomic mass is 10.1. The molecular formula is C18H18F2N2O. The zero-order valence-electron chi connectivity index (χ0n) is 12.8. The summed E-state index contributed by atoms with van der Waals surface area (Å²) in [7, 11) is 0. The van der Waals surface area contributed by atoms with Gasteiger partial charge in [-0.2, -0.15) is 0 Å². The number of hydrogen-bond donors (Lipinski definition) is 2. The fraction of sp³-hybridized carbons (Fsp3) is 0.278. The Hall–Kier alpha value is -2.43. The highest BCUT2D eigenvalue weighted by atomic mass is 19.1. The van der Waals surface area contributed by atoms with Gasteiger partial charge in [0.05, 0.1) is 5.69 Å². The van der Waals surface area contributed by atoms with E-state index in [1.165, 1.54) is 23.6 Å². The molecule has 1 aliphatic rings. The van der Waals surface area contributed by atoms with Gasteiger partial charge < -0.3 is 10.6 Å². The first-order valence-corrected chi connectivity index (χ1v) is 7.67. The molecule has 2 aromatic rings. The molecule has 0 unspecified atom stereocenters. The number of halogens is 2. The SMILES string of the molecule is C[C@@H](Nc1ccc2c(c1)CCC2)C(=O)Nc1ccc(F)cc1F. The van der Waals surface area contributed by atoms with Gasteiger partial charge in [0.25, 0.3) is 0 Å². The molecule has 0 aromatic heterocycles. The van der Waals surface area contributed by atoms with E-state index in [0.29, 0.717) is 0 Å². The number of hydrogen-bond acceptors (Lipinski definition) is 2. The van der Waals surface area contributed by atoms with Crippen LogP contribution in [-0.2, 0) is 17.6 Å². The molecule has 0 fully saturated rings. The molecule has 120 valence electrons. The predicted octanol–water partition coefficient (Wildman–Crippen LogP) is 3.89. The van der Waals surface area contributed by atoms with Crippen LogP contribution in [0.15, 0.2) is 36.4 Å². The summed E-state index contributed by atoms with van der Waals surface area (Å²) in [5.74, 6) is -1.84. The molecule has 0 aliphatic heterocycles. The Morgan fingerprint density at radius 3 is 2.65 bits per heavy atom. The van der Waals surface area contributed by atoms with E-state index in [1.54, 1.807) is 6.92 Å². The fourth-order valence-corrected chi connectivity index (χ4v) is 2.81. The van der Waals surface area contributed by atoms with Gasteiger partial charge in [-0.1, -0.05) is 6.07 Å². The molecule has 23 heavy (non-hydrogen) atoms. The normalized spacial score (nSPS) is 14.2. The van der Waals surface area contributed by atoms with Crippen LogP contribution in [0, 0.1) is 11.6 Å². The molecule has 0 saturated carbocycles. The van der Waals surface area contributed by atoms with Gasteiger partial charge in [-0.15, -0.1) is 0 Å². The molecule has 0 heterocycles. The maximum absolute atomic E-state index is 13.6. The Morgan fingerprint density at radius 1 is 1.09 bits per heavy atom. The largest absolute Gasteiger partial charge is 0.374 e. The summed E-state index contributed by atoms with van der Waals surface area (Å²) >= 11 is 0. The lowest BCUT2D eigenvalue weighted by Gasteiger charge is -2.16. The summed E-state index contributed by atoms with van der Waals surface area (Å²) in [4.78, 5) is 12.2. The number of amides is 1. The summed E-state index contributed by atoms with van der Waals surface area (Å²) < 4.78 is 26.5. The summed E-state index contributed by atoms with van der Waals surface area (Å²) in [6.07, 6.45) is 3.33. The van der Waals surface area contributed by atoms with E-state index < -0.39 is 17.7 Å². The van der Waals surface area contributed by atoms with Gasteiger partial charge >= 0.3 is 0 Å². The lowest BCUT2D eigenvalue weighted by Crippen LogP contribution is -2.32. The van der Waals surface area contributed by atoms with Crippen LogP contribution < -0.4 is 10.6 Å². The van der Waals surface area contributed by atoms with Crippen LogP contribution in [0.4, 0.5) is 20.2 Å². The number of anilines is 2. The van der Waals surface area contributed by atoms with Crippen LogP contribution in [0.2, 0.25) is 0 Å². The van der Waals surface area contributed by atoms with Crippen molar-refractivity contribution in [2.75, 3.05) is 10.6 Å². The van der Waals surface area contributed by atoms with E-state index in [1.807, 2.05) is 6.07 Å². The standard InChI is InChI=1S/C18H18F2N2O/c1-11(18(23)22-17-8-6-14(19)10-16(17)20)21-15-7-5-12-3-2-4-13(12)9-15/h5-11,21H,2-4H2,1H3,(H,22,23)/t11-/m1/s1. The Labute approximate surface area is 133 Å². The summed E-state index contributed by atoms with van der Waals surface area (Å²) in [6, 6.07) is 8.61. The Balaban J connectivity index is 1.65. The average molecular weight is 316 g/mol. The van der Waals surface area contributed by atoms with Crippen molar-refractivity contribution in [2.24, 2.45) is 0 Å². The smallest absolute Gasteiger partial charge is 0.246 e. The van der Waals surface area contributed by atoms with Crippen LogP contribution >= 0.6 is 0 Å². The predicted molar refractivity (Wildman–Crippen MR) is 86.5 cm³/mol. The molecule has 3 rings (SSSR count). The third-order valence-electron chi connectivity index (χ3n) is 4.06. The van der Waals surface area contributed by atoms with E-state index in [2.05, 4.69) is 22.8 Å². The quantitative estimate of drug-likeness (QED) is 0.898. The number of aryl methyl sites for hydroxylation is 2. The van der Waals surface area contributed by atoms with Crippen molar-refractivity contribution in [3.05, 3.63) is 59.2 Å². The average Bonchev–Trinajstić information content (AvgIpc) is 2.97. The minimum absolute atomic E-state index is 0.0287. The zero-order chi connectivity index (χ0) is 16.4. The second-order valence-electron chi connectivity index (χ2n) is 5.82. The van der Waals surface area contributed by atoms with E-state index >= 15 is 0 Å². The van der Waals surface area contributed by atoms with Gasteiger partial charge in [0.2, 0.25) is 5.91 Å². The van der Waals surface area contributed by atoms with Crippen LogP contribution in [0.1, 0.15) is 24.5 Å². The van der Waals surface area contributed by atoms with E-state index in [4.69, 9.17) is 0 Å². The summed E-state index contributed by atoms with van der Waals surface area (Å²) in [6.45, 7) is 1.70. The molecular weight excluding hydrogens is 298 g/mol. The molecule has 3 nitrogen and oxygen atoms in total. The first-order valence-electron chi connectivity index (χ1n) is 7.67. The number of benzene rings is 2. The van der Waals surface area contributed by atoms with Crippen molar-refractivity contribution in [1.82, 2.24) is 0 Å². The number of fused-ring (bicyclic) bond motifs is 1. The van der Waals surface area contributed by atoms with E-state index in [0.717, 1.165) is 30.7 Å². The third kappa shape index (κ3) is 3.50. The van der Waals surface area contributed by atoms with E-state index in [-0.39, 0.29) is 11.6 Å². The summed E-state index contributed by atoms with van der Waals surface area (Å²) in [5.41, 5.74) is 3.51. The molecule has 2 N–H and O–H groups in total. The van der Waals surface area contributed by atoms with E-state index in [9.17, 15) is 13.6 Å². The van der Waals surface area contributed by atoms with Crippen molar-refractivity contribution in [1.29, 1.82) is 0 Å². The van der Waals surface area contributed by atoms with Gasteiger partial charge in [-0.25, -0.2) is 8.78 Å². The topological polar surface area (TPSA) is 41.1 Å². The Kier molecular flexibility index (Phi) is 4.28. The van der Waals surface area contributed by atoms with Gasteiger partial charge in [-0.05, 0) is 61.6 Å². The van der Waals surface area contributed by atoms with Crippen molar-refractivity contribution in [3.63, 3.8) is 0 Å². The minimum atomic E-state index is -0.789. The summed E-state index contributed by atoms with van der Waals surface area (Å²) in [5, 5.41) is 5.58. The lowest BCUT2D eigenvalue weighted by molar-refractivity contribution is -0.116. The van der Waals surface area contributed by atoms with Crippen molar-refractivity contribution >= 4 is 17.3 Å². The zero-order valence-corrected chi connectivity index (χ0v) is 12.8. The molecule has 2 aromatic carbocycles. The van der Waals surface area contributed by atoms with Crippen molar-refractivity contribution in [2.45, 2.75) is 32.2 Å². The van der Waals surface area contributed by atoms with Crippen molar-refractivity contribution in [3.8, 4) is 0 Å². The van der Waals surface area contributed by atoms with Gasteiger partial charge in [0, 0.05) is 11.8 Å². The molecule has 5 heteroatoms. The third-order valence-corrected chi connectivity index (χ3v) is 4.06. The fourth-order valence-electron chi connectivity index (χ4n) is 2.81. The maximum Gasteiger partial charge on any atom is 0.246 e. The highest BCUT2D eigenvalue weighted by molar-refractivity contribution is 5.96. The van der Waals surface area contributed by atoms with Gasteiger partial charge in [-0.3, -0.25) is 4.79 Å². The van der Waals surface area contributed by atoms with Crippen LogP contribution in [0.5, 0.6) is 0 Å². The van der Waals surface area contributed by atoms with Gasteiger partial charge in [0.15, 0.2) is 0 Å². The number of nitrogens with one attached hydrogen (secondary N) is 2. The second kappa shape index (κ2) is 6.36. The monoisotopic (exact) mass is 316 g/mol. The molecule has 0 spiro atoms.